The Morgan fingerprint density at radius 3 is 2.73 bits per heavy atom. The number of amides is 1. The first-order valence-corrected chi connectivity index (χ1v) is 9.21. The van der Waals surface area contributed by atoms with Crippen molar-refractivity contribution in [3.05, 3.63) is 47.7 Å². The molecule has 0 unspecified atom stereocenters. The Morgan fingerprint density at radius 2 is 1.96 bits per heavy atom. The number of hydrogen-bond donors (Lipinski definition) is 0. The van der Waals surface area contributed by atoms with Crippen LogP contribution in [0.15, 0.2) is 30.7 Å². The van der Waals surface area contributed by atoms with Gasteiger partial charge in [0.15, 0.2) is 0 Å². The normalized spacial score (nSPS) is 16.7. The predicted molar refractivity (Wildman–Crippen MR) is 99.0 cm³/mol. The van der Waals surface area contributed by atoms with Gasteiger partial charge in [-0.2, -0.15) is 5.10 Å². The van der Waals surface area contributed by atoms with E-state index in [0.717, 1.165) is 56.2 Å². The summed E-state index contributed by atoms with van der Waals surface area (Å²) in [4.78, 5) is 25.9. The second-order valence-corrected chi connectivity index (χ2v) is 6.83. The number of carbonyl (C=O) groups excluding carboxylic acids is 1. The van der Waals surface area contributed by atoms with Gasteiger partial charge in [-0.05, 0) is 19.4 Å². The van der Waals surface area contributed by atoms with Gasteiger partial charge in [-0.25, -0.2) is 9.97 Å². The van der Waals surface area contributed by atoms with Gasteiger partial charge in [0.25, 0.3) is 0 Å². The third-order valence-electron chi connectivity index (χ3n) is 5.20. The van der Waals surface area contributed by atoms with Gasteiger partial charge >= 0.3 is 0 Å². The smallest absolute Gasteiger partial charge is 0.224 e. The van der Waals surface area contributed by atoms with Crippen molar-refractivity contribution >= 4 is 11.7 Å². The van der Waals surface area contributed by atoms with Crippen LogP contribution in [0.2, 0.25) is 0 Å². The Hall–Kier alpha value is -2.70. The van der Waals surface area contributed by atoms with E-state index in [0.29, 0.717) is 13.0 Å². The molecule has 2 aromatic rings. The van der Waals surface area contributed by atoms with Crippen LogP contribution in [-0.2, 0) is 24.2 Å². The van der Waals surface area contributed by atoms with Crippen LogP contribution in [0.3, 0.4) is 0 Å². The first-order valence-electron chi connectivity index (χ1n) is 9.21. The zero-order chi connectivity index (χ0) is 17.9. The average molecular weight is 352 g/mol. The molecule has 7 nitrogen and oxygen atoms in total. The number of fused-ring (bicyclic) bond motifs is 1. The van der Waals surface area contributed by atoms with Crippen molar-refractivity contribution in [2.75, 3.05) is 31.1 Å². The Labute approximate surface area is 153 Å². The number of anilines is 1. The van der Waals surface area contributed by atoms with E-state index in [-0.39, 0.29) is 5.91 Å². The van der Waals surface area contributed by atoms with Crippen LogP contribution >= 0.6 is 0 Å². The molecule has 4 heterocycles. The Bertz CT molecular complexity index is 819. The Morgan fingerprint density at radius 1 is 1.15 bits per heavy atom. The van der Waals surface area contributed by atoms with E-state index >= 15 is 0 Å². The molecule has 136 valence electrons. The first-order chi connectivity index (χ1) is 12.7. The van der Waals surface area contributed by atoms with Crippen molar-refractivity contribution < 1.29 is 4.79 Å². The molecule has 2 aliphatic heterocycles. The van der Waals surface area contributed by atoms with Crippen molar-refractivity contribution in [2.45, 2.75) is 32.7 Å². The number of rotatable bonds is 4. The van der Waals surface area contributed by atoms with Crippen LogP contribution in [0, 0.1) is 6.92 Å². The zero-order valence-corrected chi connectivity index (χ0v) is 15.1. The fourth-order valence-electron chi connectivity index (χ4n) is 3.67. The first kappa shape index (κ1) is 16.8. The monoisotopic (exact) mass is 352 g/mol. The molecule has 0 fully saturated rings. The number of carbonyl (C=O) groups is 1. The van der Waals surface area contributed by atoms with E-state index in [1.807, 2.05) is 22.6 Å². The predicted octanol–water partition coefficient (Wildman–Crippen LogP) is 1.38. The van der Waals surface area contributed by atoms with Gasteiger partial charge in [0.2, 0.25) is 5.91 Å². The second-order valence-electron chi connectivity index (χ2n) is 6.83. The molecule has 2 aromatic heterocycles. The third kappa shape index (κ3) is 3.34. The van der Waals surface area contributed by atoms with Gasteiger partial charge in [0, 0.05) is 63.0 Å². The maximum Gasteiger partial charge on any atom is 0.224 e. The van der Waals surface area contributed by atoms with Gasteiger partial charge in [-0.3, -0.25) is 9.48 Å². The molecule has 0 saturated carbocycles. The minimum atomic E-state index is 0.185. The van der Waals surface area contributed by atoms with Crippen LogP contribution in [-0.4, -0.2) is 56.7 Å². The summed E-state index contributed by atoms with van der Waals surface area (Å²) in [5.41, 5.74) is 3.37. The molecular weight excluding hydrogens is 328 g/mol. The highest BCUT2D eigenvalue weighted by Gasteiger charge is 2.24. The standard InChI is InChI=1S/C19H24N6O/c1-15-4-8-22-25(15)13-7-18(26)23-11-5-16-17(6-12-23)20-14-21-19(16)24-9-2-3-10-24/h2-4,8,14H,5-7,9-13H2,1H3. The molecule has 26 heavy (non-hydrogen) atoms. The summed E-state index contributed by atoms with van der Waals surface area (Å²) >= 11 is 0. The minimum Gasteiger partial charge on any atom is -0.349 e. The molecule has 0 bridgehead atoms. The summed E-state index contributed by atoms with van der Waals surface area (Å²) in [6.07, 6.45) is 9.84. The Kier molecular flexibility index (Phi) is 4.69. The van der Waals surface area contributed by atoms with Gasteiger partial charge in [-0.15, -0.1) is 0 Å². The lowest BCUT2D eigenvalue weighted by atomic mass is 10.1. The molecule has 0 saturated heterocycles. The molecule has 0 atom stereocenters. The van der Waals surface area contributed by atoms with Crippen molar-refractivity contribution in [3.8, 4) is 0 Å². The zero-order valence-electron chi connectivity index (χ0n) is 15.1. The van der Waals surface area contributed by atoms with Gasteiger partial charge in [0.1, 0.15) is 12.1 Å². The van der Waals surface area contributed by atoms with Crippen LogP contribution in [0.5, 0.6) is 0 Å². The minimum absolute atomic E-state index is 0.185. The lowest BCUT2D eigenvalue weighted by Gasteiger charge is -2.21. The highest BCUT2D eigenvalue weighted by Crippen LogP contribution is 2.25. The van der Waals surface area contributed by atoms with Crippen molar-refractivity contribution in [1.29, 1.82) is 0 Å². The quantitative estimate of drug-likeness (QED) is 0.778. The molecule has 0 radical (unpaired) electrons. The summed E-state index contributed by atoms with van der Waals surface area (Å²) < 4.78 is 1.88. The summed E-state index contributed by atoms with van der Waals surface area (Å²) in [6.45, 7) is 5.88. The molecule has 0 aromatic carbocycles. The Balaban J connectivity index is 1.42. The number of nitrogens with zero attached hydrogens (tertiary/aromatic N) is 6. The van der Waals surface area contributed by atoms with Crippen LogP contribution in [0.25, 0.3) is 0 Å². The molecule has 0 spiro atoms. The molecule has 1 amide bonds. The van der Waals surface area contributed by atoms with E-state index in [1.165, 1.54) is 5.56 Å². The van der Waals surface area contributed by atoms with Gasteiger partial charge in [0.05, 0.1) is 5.69 Å². The average Bonchev–Trinajstić information content (AvgIpc) is 3.27. The SMILES string of the molecule is Cc1ccnn1CCC(=O)N1CCc2ncnc(N3CC=CC3)c2CC1. The molecule has 7 heteroatoms. The summed E-state index contributed by atoms with van der Waals surface area (Å²) in [7, 11) is 0. The van der Waals surface area contributed by atoms with Gasteiger partial charge < -0.3 is 9.80 Å². The van der Waals surface area contributed by atoms with Crippen molar-refractivity contribution in [3.63, 3.8) is 0 Å². The topological polar surface area (TPSA) is 67.2 Å². The summed E-state index contributed by atoms with van der Waals surface area (Å²) in [5.74, 6) is 1.21. The maximum atomic E-state index is 12.7. The second kappa shape index (κ2) is 7.27. The largest absolute Gasteiger partial charge is 0.349 e. The maximum absolute atomic E-state index is 12.7. The van der Waals surface area contributed by atoms with E-state index in [9.17, 15) is 4.79 Å². The number of aromatic nitrogens is 4. The van der Waals surface area contributed by atoms with Crippen LogP contribution in [0.4, 0.5) is 5.82 Å². The lowest BCUT2D eigenvalue weighted by molar-refractivity contribution is -0.131. The molecule has 0 aliphatic carbocycles. The number of hydrogen-bond acceptors (Lipinski definition) is 5. The molecular formula is C19H24N6O. The highest BCUT2D eigenvalue weighted by atomic mass is 16.2. The van der Waals surface area contributed by atoms with E-state index in [2.05, 4.69) is 32.1 Å². The van der Waals surface area contributed by atoms with Crippen LogP contribution in [0.1, 0.15) is 23.4 Å². The summed E-state index contributed by atoms with van der Waals surface area (Å²) in [5, 5.41) is 4.26. The fourth-order valence-corrected chi connectivity index (χ4v) is 3.67. The summed E-state index contributed by atoms with van der Waals surface area (Å²) in [6, 6.07) is 1.96. The third-order valence-corrected chi connectivity index (χ3v) is 5.20. The van der Waals surface area contributed by atoms with Crippen LogP contribution < -0.4 is 4.90 Å². The molecule has 2 aliphatic rings. The molecule has 0 N–H and O–H groups in total. The van der Waals surface area contributed by atoms with Crippen molar-refractivity contribution in [1.82, 2.24) is 24.6 Å². The van der Waals surface area contributed by atoms with Gasteiger partial charge in [-0.1, -0.05) is 12.2 Å². The van der Waals surface area contributed by atoms with E-state index in [1.54, 1.807) is 12.5 Å². The van der Waals surface area contributed by atoms with Crippen molar-refractivity contribution in [2.24, 2.45) is 0 Å². The fraction of sp³-hybridized carbons (Fsp3) is 0.474. The lowest BCUT2D eigenvalue weighted by Crippen LogP contribution is -2.34. The van der Waals surface area contributed by atoms with E-state index < -0.39 is 0 Å². The molecule has 4 rings (SSSR count). The highest BCUT2D eigenvalue weighted by molar-refractivity contribution is 5.76. The number of aryl methyl sites for hydroxylation is 2. The van der Waals surface area contributed by atoms with E-state index in [4.69, 9.17) is 0 Å².